The number of aromatic nitrogens is 1. The van der Waals surface area contributed by atoms with Gasteiger partial charge in [0, 0.05) is 12.6 Å². The van der Waals surface area contributed by atoms with Crippen molar-refractivity contribution in [3.05, 3.63) is 23.3 Å². The topological polar surface area (TPSA) is 48.1 Å². The van der Waals surface area contributed by atoms with Crippen LogP contribution in [0.15, 0.2) is 6.07 Å². The van der Waals surface area contributed by atoms with E-state index in [9.17, 15) is 13.2 Å². The van der Waals surface area contributed by atoms with Crippen LogP contribution in [0.3, 0.4) is 0 Å². The van der Waals surface area contributed by atoms with E-state index in [1.165, 1.54) is 0 Å². The van der Waals surface area contributed by atoms with Gasteiger partial charge in [0.25, 0.3) is 6.43 Å². The monoisotopic (exact) mass is 206 g/mol. The molecule has 0 aromatic carbocycles. The third-order valence-electron chi connectivity index (χ3n) is 1.63. The van der Waals surface area contributed by atoms with Gasteiger partial charge in [0.05, 0.1) is 12.8 Å². The number of methoxy groups -OCH3 is 1. The van der Waals surface area contributed by atoms with E-state index in [1.54, 1.807) is 0 Å². The Morgan fingerprint density at radius 3 is 2.64 bits per heavy atom. The number of hydrogen-bond acceptors (Lipinski definition) is 3. The summed E-state index contributed by atoms with van der Waals surface area (Å²) in [4.78, 5) is 3.48. The van der Waals surface area contributed by atoms with Crippen LogP contribution >= 0.6 is 0 Å². The first kappa shape index (κ1) is 10.8. The minimum Gasteiger partial charge on any atom is -0.492 e. The normalized spacial score (nSPS) is 10.7. The maximum atomic E-state index is 13.1. The second-order valence-corrected chi connectivity index (χ2v) is 2.52. The quantitative estimate of drug-likeness (QED) is 0.817. The summed E-state index contributed by atoms with van der Waals surface area (Å²) in [6.45, 7) is -0.0966. The smallest absolute Gasteiger partial charge is 0.284 e. The van der Waals surface area contributed by atoms with Crippen LogP contribution in [0.1, 0.15) is 17.8 Å². The van der Waals surface area contributed by atoms with Gasteiger partial charge < -0.3 is 10.5 Å². The molecule has 0 aliphatic rings. The lowest BCUT2D eigenvalue weighted by atomic mass is 10.2. The average molecular weight is 206 g/mol. The summed E-state index contributed by atoms with van der Waals surface area (Å²) in [6, 6.07) is 0.977. The van der Waals surface area contributed by atoms with Gasteiger partial charge in [0.1, 0.15) is 0 Å². The van der Waals surface area contributed by atoms with Crippen molar-refractivity contribution in [3.63, 3.8) is 0 Å². The molecule has 0 saturated carbocycles. The number of nitrogens with zero attached hydrogens (tertiary/aromatic N) is 1. The van der Waals surface area contributed by atoms with E-state index in [1.807, 2.05) is 0 Å². The Balaban J connectivity index is 3.28. The van der Waals surface area contributed by atoms with Crippen LogP contribution in [0.5, 0.6) is 5.75 Å². The van der Waals surface area contributed by atoms with Crippen LogP contribution in [0.25, 0.3) is 0 Å². The van der Waals surface area contributed by atoms with Gasteiger partial charge in [-0.3, -0.25) is 0 Å². The molecule has 1 heterocycles. The molecule has 0 unspecified atom stereocenters. The van der Waals surface area contributed by atoms with Crippen molar-refractivity contribution < 1.29 is 17.9 Å². The summed E-state index contributed by atoms with van der Waals surface area (Å²) in [6.07, 6.45) is -2.88. The number of halogens is 3. The third-order valence-corrected chi connectivity index (χ3v) is 1.63. The molecule has 0 fully saturated rings. The van der Waals surface area contributed by atoms with Gasteiger partial charge in [-0.1, -0.05) is 0 Å². The number of nitrogens with two attached hydrogens (primary N) is 1. The third kappa shape index (κ3) is 1.95. The van der Waals surface area contributed by atoms with Crippen molar-refractivity contribution in [2.24, 2.45) is 5.73 Å². The summed E-state index contributed by atoms with van der Waals surface area (Å²) >= 11 is 0. The van der Waals surface area contributed by atoms with Crippen molar-refractivity contribution in [3.8, 4) is 5.75 Å². The van der Waals surface area contributed by atoms with Crippen molar-refractivity contribution >= 4 is 0 Å². The van der Waals surface area contributed by atoms with Crippen LogP contribution in [0.4, 0.5) is 13.2 Å². The lowest BCUT2D eigenvalue weighted by Crippen LogP contribution is -2.06. The number of rotatable bonds is 3. The van der Waals surface area contributed by atoms with Crippen LogP contribution in [0, 0.1) is 5.82 Å². The molecule has 0 aliphatic carbocycles. The first-order valence-corrected chi connectivity index (χ1v) is 3.81. The number of pyridine rings is 1. The molecule has 2 N–H and O–H groups in total. The Kier molecular flexibility index (Phi) is 3.29. The highest BCUT2D eigenvalue weighted by Crippen LogP contribution is 2.29. The van der Waals surface area contributed by atoms with Gasteiger partial charge in [-0.15, -0.1) is 0 Å². The zero-order chi connectivity index (χ0) is 10.7. The molecule has 1 aromatic heterocycles. The van der Waals surface area contributed by atoms with Gasteiger partial charge in [-0.05, 0) is 0 Å². The average Bonchev–Trinajstić information content (AvgIpc) is 2.16. The van der Waals surface area contributed by atoms with Crippen LogP contribution in [-0.4, -0.2) is 12.1 Å². The molecule has 0 aliphatic heterocycles. The molecule has 14 heavy (non-hydrogen) atoms. The Labute approximate surface area is 78.7 Å². The minimum atomic E-state index is -2.88. The van der Waals surface area contributed by atoms with Gasteiger partial charge in [0.2, 0.25) is 0 Å². The molecule has 3 nitrogen and oxygen atoms in total. The summed E-state index contributed by atoms with van der Waals surface area (Å²) in [7, 11) is 1.11. The zero-order valence-corrected chi connectivity index (χ0v) is 7.43. The molecule has 0 amide bonds. The Morgan fingerprint density at radius 1 is 1.57 bits per heavy atom. The van der Waals surface area contributed by atoms with Crippen molar-refractivity contribution in [2.75, 3.05) is 7.11 Å². The van der Waals surface area contributed by atoms with Gasteiger partial charge in [-0.25, -0.2) is 18.2 Å². The predicted molar refractivity (Wildman–Crippen MR) is 43.6 cm³/mol. The van der Waals surface area contributed by atoms with Crippen LogP contribution in [0.2, 0.25) is 0 Å². The fourth-order valence-corrected chi connectivity index (χ4v) is 1.03. The molecule has 6 heteroatoms. The second-order valence-electron chi connectivity index (χ2n) is 2.52. The Bertz CT molecular complexity index is 331. The maximum Gasteiger partial charge on any atom is 0.284 e. The number of alkyl halides is 2. The van der Waals surface area contributed by atoms with Crippen LogP contribution in [-0.2, 0) is 6.54 Å². The van der Waals surface area contributed by atoms with Gasteiger partial charge >= 0.3 is 0 Å². The van der Waals surface area contributed by atoms with E-state index in [-0.39, 0.29) is 12.2 Å². The fourth-order valence-electron chi connectivity index (χ4n) is 1.03. The maximum absolute atomic E-state index is 13.1. The van der Waals surface area contributed by atoms with Gasteiger partial charge in [-0.2, -0.15) is 0 Å². The largest absolute Gasteiger partial charge is 0.492 e. The number of hydrogen-bond donors (Lipinski definition) is 1. The van der Waals surface area contributed by atoms with Gasteiger partial charge in [0.15, 0.2) is 17.3 Å². The first-order valence-electron chi connectivity index (χ1n) is 3.81. The second kappa shape index (κ2) is 4.28. The molecule has 0 spiro atoms. The molecule has 1 rings (SSSR count). The highest BCUT2D eigenvalue weighted by atomic mass is 19.3. The lowest BCUT2D eigenvalue weighted by Gasteiger charge is -2.09. The SMILES string of the molecule is COc1c(F)cc(CN)nc1C(F)F. The first-order chi connectivity index (χ1) is 6.60. The van der Waals surface area contributed by atoms with E-state index in [0.29, 0.717) is 0 Å². The summed E-state index contributed by atoms with van der Waals surface area (Å²) in [5.74, 6) is -1.41. The number of ether oxygens (including phenoxy) is 1. The molecule has 78 valence electrons. The molecule has 0 radical (unpaired) electrons. The minimum absolute atomic E-state index is 0.0681. The van der Waals surface area contributed by atoms with Crippen molar-refractivity contribution in [2.45, 2.75) is 13.0 Å². The van der Waals surface area contributed by atoms with E-state index < -0.39 is 23.7 Å². The standard InChI is InChI=1S/C8H9F3N2O/c1-14-7-5(9)2-4(3-12)13-6(7)8(10)11/h2,8H,3,12H2,1H3. The molecular weight excluding hydrogens is 197 g/mol. The predicted octanol–water partition coefficient (Wildman–Crippen LogP) is 1.63. The molecule has 1 aromatic rings. The molecule has 0 atom stereocenters. The molecule has 0 bridgehead atoms. The van der Waals surface area contributed by atoms with E-state index >= 15 is 0 Å². The van der Waals surface area contributed by atoms with E-state index in [0.717, 1.165) is 13.2 Å². The van der Waals surface area contributed by atoms with Crippen molar-refractivity contribution in [1.29, 1.82) is 0 Å². The van der Waals surface area contributed by atoms with Crippen LogP contribution < -0.4 is 10.5 Å². The highest BCUT2D eigenvalue weighted by molar-refractivity contribution is 5.32. The molecular formula is C8H9F3N2O. The molecule has 0 saturated heterocycles. The summed E-state index contributed by atoms with van der Waals surface area (Å²) < 4.78 is 42.3. The fraction of sp³-hybridized carbons (Fsp3) is 0.375. The van der Waals surface area contributed by atoms with Crippen molar-refractivity contribution in [1.82, 2.24) is 4.98 Å². The van der Waals surface area contributed by atoms with E-state index in [4.69, 9.17) is 5.73 Å². The summed E-state index contributed by atoms with van der Waals surface area (Å²) in [5, 5.41) is 0. The lowest BCUT2D eigenvalue weighted by molar-refractivity contribution is 0.140. The summed E-state index contributed by atoms with van der Waals surface area (Å²) in [5.41, 5.74) is 4.52. The van der Waals surface area contributed by atoms with E-state index in [2.05, 4.69) is 9.72 Å². The Morgan fingerprint density at radius 2 is 2.21 bits per heavy atom. The Hall–Kier alpha value is -1.30. The zero-order valence-electron chi connectivity index (χ0n) is 7.43. The highest BCUT2D eigenvalue weighted by Gasteiger charge is 2.20.